The first kappa shape index (κ1) is 15.1. The lowest BCUT2D eigenvalue weighted by atomic mass is 9.93. The van der Waals surface area contributed by atoms with Crippen molar-refractivity contribution in [2.45, 2.75) is 18.7 Å². The Morgan fingerprint density at radius 3 is 2.67 bits per heavy atom. The molecule has 120 valence electrons. The van der Waals surface area contributed by atoms with Gasteiger partial charge < -0.3 is 9.47 Å². The van der Waals surface area contributed by atoms with Crippen molar-refractivity contribution in [1.29, 1.82) is 0 Å². The van der Waals surface area contributed by atoms with Crippen LogP contribution in [0.25, 0.3) is 21.9 Å². The molecule has 0 spiro atoms. The molecule has 1 aliphatic heterocycles. The molecule has 0 fully saturated rings. The molecule has 0 amide bonds. The minimum absolute atomic E-state index is 0.320. The van der Waals surface area contributed by atoms with Gasteiger partial charge in [-0.2, -0.15) is 0 Å². The van der Waals surface area contributed by atoms with Crippen molar-refractivity contribution in [1.82, 2.24) is 0 Å². The highest BCUT2D eigenvalue weighted by Gasteiger charge is 2.20. The molecule has 3 aromatic carbocycles. The van der Waals surface area contributed by atoms with Crippen molar-refractivity contribution in [3.63, 3.8) is 0 Å². The van der Waals surface area contributed by atoms with Gasteiger partial charge in [-0.05, 0) is 47.2 Å². The van der Waals surface area contributed by atoms with Gasteiger partial charge in [-0.3, -0.25) is 4.79 Å². The molecular weight excluding hydrogens is 320 g/mol. The Hall–Kier alpha value is -2.46. The van der Waals surface area contributed by atoms with E-state index in [1.165, 1.54) is 6.92 Å². The summed E-state index contributed by atoms with van der Waals surface area (Å²) in [4.78, 5) is 12.6. The average Bonchev–Trinajstić information content (AvgIpc) is 3.01. The molecule has 4 heteroatoms. The van der Waals surface area contributed by atoms with Gasteiger partial charge in [0.2, 0.25) is 0 Å². The molecular formula is C20H16O3S. The van der Waals surface area contributed by atoms with Crippen molar-refractivity contribution < 1.29 is 14.3 Å². The minimum Gasteiger partial charge on any atom is -0.481 e. The summed E-state index contributed by atoms with van der Waals surface area (Å²) in [6.07, 6.45) is 0. The molecule has 0 saturated carbocycles. The number of fused-ring (bicyclic) bond motifs is 2. The summed E-state index contributed by atoms with van der Waals surface area (Å²) in [7, 11) is 0. The summed E-state index contributed by atoms with van der Waals surface area (Å²) < 4.78 is 11.1. The van der Waals surface area contributed by atoms with E-state index in [1.807, 2.05) is 37.3 Å². The van der Waals surface area contributed by atoms with Gasteiger partial charge in [0, 0.05) is 12.3 Å². The molecule has 0 unspecified atom stereocenters. The Labute approximate surface area is 144 Å². The van der Waals surface area contributed by atoms with Crippen LogP contribution in [0, 0.1) is 6.92 Å². The topological polar surface area (TPSA) is 35.5 Å². The van der Waals surface area contributed by atoms with E-state index in [0.29, 0.717) is 11.7 Å². The van der Waals surface area contributed by atoms with E-state index >= 15 is 0 Å². The molecule has 0 aliphatic carbocycles. The van der Waals surface area contributed by atoms with E-state index in [4.69, 9.17) is 9.47 Å². The Morgan fingerprint density at radius 1 is 1.12 bits per heavy atom. The molecule has 4 rings (SSSR count). The van der Waals surface area contributed by atoms with Crippen LogP contribution >= 0.6 is 11.8 Å². The van der Waals surface area contributed by atoms with E-state index in [0.717, 1.165) is 38.1 Å². The van der Waals surface area contributed by atoms with E-state index in [-0.39, 0.29) is 5.97 Å². The zero-order chi connectivity index (χ0) is 16.7. The lowest BCUT2D eigenvalue weighted by Crippen LogP contribution is -2.03. The summed E-state index contributed by atoms with van der Waals surface area (Å²) in [6.45, 7) is 3.47. The Morgan fingerprint density at radius 2 is 1.92 bits per heavy atom. The molecule has 0 N–H and O–H groups in total. The SMILES string of the molecule is CC(=O)Oc1cc(C)c(-c2ccccc2)c2cc3c(cc12)OCS3. The first-order valence-corrected chi connectivity index (χ1v) is 8.73. The quantitative estimate of drug-likeness (QED) is 0.477. The second-order valence-corrected chi connectivity index (χ2v) is 6.74. The summed E-state index contributed by atoms with van der Waals surface area (Å²) in [6, 6.07) is 16.3. The van der Waals surface area contributed by atoms with Gasteiger partial charge in [0.05, 0.1) is 4.90 Å². The lowest BCUT2D eigenvalue weighted by Gasteiger charge is -2.15. The van der Waals surface area contributed by atoms with E-state index in [1.54, 1.807) is 11.8 Å². The Bertz CT molecular complexity index is 948. The van der Waals surface area contributed by atoms with Crippen molar-refractivity contribution in [3.8, 4) is 22.6 Å². The largest absolute Gasteiger partial charge is 0.481 e. The summed E-state index contributed by atoms with van der Waals surface area (Å²) >= 11 is 1.68. The van der Waals surface area contributed by atoms with Gasteiger partial charge in [0.15, 0.2) is 0 Å². The van der Waals surface area contributed by atoms with Gasteiger partial charge in [0.25, 0.3) is 0 Å². The fourth-order valence-corrected chi connectivity index (χ4v) is 3.91. The number of hydrogen-bond donors (Lipinski definition) is 0. The molecule has 0 saturated heterocycles. The fraction of sp³-hybridized carbons (Fsp3) is 0.150. The molecule has 3 aromatic rings. The van der Waals surface area contributed by atoms with Crippen LogP contribution < -0.4 is 9.47 Å². The summed E-state index contributed by atoms with van der Waals surface area (Å²) in [5, 5.41) is 1.98. The third-order valence-corrected chi connectivity index (χ3v) is 4.97. The van der Waals surface area contributed by atoms with E-state index < -0.39 is 0 Å². The Kier molecular flexibility index (Phi) is 3.69. The van der Waals surface area contributed by atoms with Crippen molar-refractivity contribution in [2.24, 2.45) is 0 Å². The number of thioether (sulfide) groups is 1. The smallest absolute Gasteiger partial charge is 0.308 e. The summed E-state index contributed by atoms with van der Waals surface area (Å²) in [5.41, 5.74) is 3.39. The highest BCUT2D eigenvalue weighted by molar-refractivity contribution is 7.99. The number of ether oxygens (including phenoxy) is 2. The second kappa shape index (κ2) is 5.87. The Balaban J connectivity index is 2.06. The zero-order valence-corrected chi connectivity index (χ0v) is 14.3. The van der Waals surface area contributed by atoms with Crippen molar-refractivity contribution >= 4 is 28.5 Å². The maximum Gasteiger partial charge on any atom is 0.308 e. The van der Waals surface area contributed by atoms with Gasteiger partial charge >= 0.3 is 5.97 Å². The van der Waals surface area contributed by atoms with Crippen LogP contribution in [0.2, 0.25) is 0 Å². The van der Waals surface area contributed by atoms with E-state index in [2.05, 4.69) is 18.2 Å². The number of rotatable bonds is 2. The van der Waals surface area contributed by atoms with Gasteiger partial charge in [-0.1, -0.05) is 42.1 Å². The number of benzene rings is 3. The third-order valence-electron chi connectivity index (χ3n) is 4.11. The second-order valence-electron chi connectivity index (χ2n) is 5.78. The average molecular weight is 336 g/mol. The minimum atomic E-state index is -0.320. The van der Waals surface area contributed by atoms with Crippen LogP contribution in [0.4, 0.5) is 0 Å². The number of aryl methyl sites for hydroxylation is 1. The maximum atomic E-state index is 11.5. The molecule has 0 atom stereocenters. The molecule has 0 radical (unpaired) electrons. The predicted molar refractivity (Wildman–Crippen MR) is 96.8 cm³/mol. The molecule has 1 heterocycles. The first-order valence-electron chi connectivity index (χ1n) is 7.74. The molecule has 24 heavy (non-hydrogen) atoms. The zero-order valence-electron chi connectivity index (χ0n) is 13.5. The van der Waals surface area contributed by atoms with Gasteiger partial charge in [-0.25, -0.2) is 0 Å². The predicted octanol–water partition coefficient (Wildman–Crippen LogP) is 5.18. The van der Waals surface area contributed by atoms with Crippen LogP contribution in [-0.2, 0) is 4.79 Å². The molecule has 0 bridgehead atoms. The summed E-state index contributed by atoms with van der Waals surface area (Å²) in [5.74, 6) is 1.73. The monoisotopic (exact) mass is 336 g/mol. The van der Waals surface area contributed by atoms with Crippen molar-refractivity contribution in [2.75, 3.05) is 5.94 Å². The van der Waals surface area contributed by atoms with Gasteiger partial charge in [-0.15, -0.1) is 0 Å². The number of carbonyl (C=O) groups excluding carboxylic acids is 1. The van der Waals surface area contributed by atoms with Crippen LogP contribution in [0.5, 0.6) is 11.5 Å². The normalized spacial score (nSPS) is 12.8. The highest BCUT2D eigenvalue weighted by atomic mass is 32.2. The third kappa shape index (κ3) is 2.53. The van der Waals surface area contributed by atoms with Crippen LogP contribution in [-0.4, -0.2) is 11.9 Å². The van der Waals surface area contributed by atoms with Crippen molar-refractivity contribution in [3.05, 3.63) is 54.1 Å². The number of carbonyl (C=O) groups is 1. The van der Waals surface area contributed by atoms with Gasteiger partial charge in [0.1, 0.15) is 17.4 Å². The highest BCUT2D eigenvalue weighted by Crippen LogP contribution is 2.45. The lowest BCUT2D eigenvalue weighted by molar-refractivity contribution is -0.131. The molecule has 0 aromatic heterocycles. The van der Waals surface area contributed by atoms with Crippen LogP contribution in [0.15, 0.2) is 53.4 Å². The molecule has 1 aliphatic rings. The number of esters is 1. The van der Waals surface area contributed by atoms with Crippen LogP contribution in [0.1, 0.15) is 12.5 Å². The number of hydrogen-bond acceptors (Lipinski definition) is 4. The maximum absolute atomic E-state index is 11.5. The molecule has 3 nitrogen and oxygen atoms in total. The van der Waals surface area contributed by atoms with E-state index in [9.17, 15) is 4.79 Å². The fourth-order valence-electron chi connectivity index (χ4n) is 3.14. The van der Waals surface area contributed by atoms with Crippen LogP contribution in [0.3, 0.4) is 0 Å². The first-order chi connectivity index (χ1) is 11.6. The standard InChI is InChI=1S/C20H16O3S/c1-12-8-17(23-13(2)21)15-9-18-19(24-11-22-18)10-16(15)20(12)14-6-4-3-5-7-14/h3-10H,11H2,1-2H3.